The van der Waals surface area contributed by atoms with Crippen molar-refractivity contribution in [1.82, 2.24) is 4.90 Å². The highest BCUT2D eigenvalue weighted by Crippen LogP contribution is 2.27. The Bertz CT molecular complexity index is 292. The molecule has 0 spiro atoms. The molecule has 4 nitrogen and oxygen atoms in total. The summed E-state index contributed by atoms with van der Waals surface area (Å²) in [6.45, 7) is 7.69. The first-order valence-corrected chi connectivity index (χ1v) is 6.63. The molecule has 84 valence electrons. The highest BCUT2D eigenvalue weighted by molar-refractivity contribution is 7.85. The van der Waals surface area contributed by atoms with Gasteiger partial charge in [-0.25, -0.2) is 0 Å². The van der Waals surface area contributed by atoms with Crippen molar-refractivity contribution in [3.8, 4) is 0 Å². The van der Waals surface area contributed by atoms with Gasteiger partial charge < -0.3 is 0 Å². The highest BCUT2D eigenvalue weighted by atomic mass is 32.2. The van der Waals surface area contributed by atoms with Gasteiger partial charge in [-0.2, -0.15) is 8.42 Å². The summed E-state index contributed by atoms with van der Waals surface area (Å²) < 4.78 is 26.4. The summed E-state index contributed by atoms with van der Waals surface area (Å²) in [6.07, 6.45) is 2.11. The van der Waals surface area contributed by atoms with Gasteiger partial charge in [0.15, 0.2) is 0 Å². The lowest BCUT2D eigenvalue weighted by Crippen LogP contribution is -2.58. The molecule has 1 aliphatic heterocycles. The van der Waals surface area contributed by atoms with Crippen molar-refractivity contribution in [3.05, 3.63) is 0 Å². The van der Waals surface area contributed by atoms with Crippen molar-refractivity contribution < 1.29 is 12.6 Å². The molecular weight excluding hydrogens is 202 g/mol. The van der Waals surface area contributed by atoms with Gasteiger partial charge in [-0.1, -0.05) is 0 Å². The maximum atomic E-state index is 10.8. The molecule has 0 N–H and O–H groups in total. The third kappa shape index (κ3) is 3.22. The first kappa shape index (κ1) is 11.9. The molecule has 0 aliphatic carbocycles. The predicted octanol–water partition coefficient (Wildman–Crippen LogP) is 0.835. The molecule has 0 radical (unpaired) electrons. The normalized spacial score (nSPS) is 24.7. The van der Waals surface area contributed by atoms with Gasteiger partial charge in [-0.15, -0.1) is 0 Å². The van der Waals surface area contributed by atoms with Gasteiger partial charge in [0.25, 0.3) is 10.1 Å². The summed E-state index contributed by atoms with van der Waals surface area (Å²) in [6, 6.07) is 0.254. The minimum Gasteiger partial charge on any atom is -0.293 e. The molecule has 0 unspecified atom stereocenters. The maximum absolute atomic E-state index is 10.8. The van der Waals surface area contributed by atoms with Gasteiger partial charge in [0, 0.05) is 18.1 Å². The van der Waals surface area contributed by atoms with E-state index in [1.807, 2.05) is 0 Å². The second-order valence-corrected chi connectivity index (χ2v) is 6.44. The standard InChI is InChI=1S/C9H19NO3S/c1-9(2,3)10-6-5-8(10)7-13-14(4,11)12/h8H,5-7H2,1-4H3/t8-/m0/s1. The van der Waals surface area contributed by atoms with Crippen LogP contribution in [0.2, 0.25) is 0 Å². The maximum Gasteiger partial charge on any atom is 0.264 e. The van der Waals surface area contributed by atoms with E-state index in [9.17, 15) is 8.42 Å². The molecule has 1 rings (SSSR count). The minimum absolute atomic E-state index is 0.101. The fraction of sp³-hybridized carbons (Fsp3) is 1.00. The Hall–Kier alpha value is -0.130. The number of hydrogen-bond acceptors (Lipinski definition) is 4. The Morgan fingerprint density at radius 1 is 1.43 bits per heavy atom. The lowest BCUT2D eigenvalue weighted by atomic mass is 9.94. The molecule has 0 bridgehead atoms. The fourth-order valence-corrected chi connectivity index (χ4v) is 2.10. The van der Waals surface area contributed by atoms with Crippen molar-refractivity contribution >= 4 is 10.1 Å². The summed E-state index contributed by atoms with van der Waals surface area (Å²) in [4.78, 5) is 2.26. The molecule has 0 aromatic heterocycles. The van der Waals surface area contributed by atoms with Crippen molar-refractivity contribution in [1.29, 1.82) is 0 Å². The average molecular weight is 221 g/mol. The van der Waals surface area contributed by atoms with Crippen LogP contribution in [-0.4, -0.2) is 44.3 Å². The van der Waals surface area contributed by atoms with E-state index >= 15 is 0 Å². The molecule has 14 heavy (non-hydrogen) atoms. The van der Waals surface area contributed by atoms with Crippen LogP contribution in [0.5, 0.6) is 0 Å². The fourth-order valence-electron chi connectivity index (χ4n) is 1.70. The second-order valence-electron chi connectivity index (χ2n) is 4.80. The third-order valence-corrected chi connectivity index (χ3v) is 3.04. The molecule has 0 amide bonds. The van der Waals surface area contributed by atoms with Crippen LogP contribution in [0.25, 0.3) is 0 Å². The first-order chi connectivity index (χ1) is 6.20. The summed E-state index contributed by atoms with van der Waals surface area (Å²) in [5.74, 6) is 0. The Labute approximate surface area is 86.4 Å². The van der Waals surface area contributed by atoms with Gasteiger partial charge in [0.2, 0.25) is 0 Å². The molecular formula is C9H19NO3S. The van der Waals surface area contributed by atoms with Gasteiger partial charge in [0.05, 0.1) is 12.9 Å². The molecule has 1 fully saturated rings. The van der Waals surface area contributed by atoms with Gasteiger partial charge in [-0.3, -0.25) is 9.08 Å². The molecule has 1 aliphatic rings. The molecule has 0 aromatic carbocycles. The Kier molecular flexibility index (Phi) is 3.23. The zero-order valence-electron chi connectivity index (χ0n) is 9.28. The Morgan fingerprint density at radius 3 is 2.29 bits per heavy atom. The van der Waals surface area contributed by atoms with Crippen LogP contribution in [0.4, 0.5) is 0 Å². The minimum atomic E-state index is -3.29. The predicted molar refractivity (Wildman–Crippen MR) is 55.7 cm³/mol. The van der Waals surface area contributed by atoms with Crippen LogP contribution in [-0.2, 0) is 14.3 Å². The topological polar surface area (TPSA) is 46.6 Å². The molecule has 1 heterocycles. The van der Waals surface area contributed by atoms with E-state index < -0.39 is 10.1 Å². The van der Waals surface area contributed by atoms with Crippen molar-refractivity contribution in [3.63, 3.8) is 0 Å². The molecule has 1 saturated heterocycles. The van der Waals surface area contributed by atoms with E-state index in [0.717, 1.165) is 19.2 Å². The van der Waals surface area contributed by atoms with Crippen LogP contribution in [0.1, 0.15) is 27.2 Å². The highest BCUT2D eigenvalue weighted by Gasteiger charge is 2.36. The number of likely N-dealkylation sites (tertiary alicyclic amines) is 1. The lowest BCUT2D eigenvalue weighted by Gasteiger charge is -2.49. The van der Waals surface area contributed by atoms with Crippen molar-refractivity contribution in [2.24, 2.45) is 0 Å². The lowest BCUT2D eigenvalue weighted by molar-refractivity contribution is -0.0196. The largest absolute Gasteiger partial charge is 0.293 e. The summed E-state index contributed by atoms with van der Waals surface area (Å²) in [7, 11) is -3.29. The smallest absolute Gasteiger partial charge is 0.264 e. The van der Waals surface area contributed by atoms with Crippen LogP contribution >= 0.6 is 0 Å². The zero-order chi connectivity index (χ0) is 11.0. The number of hydrogen-bond donors (Lipinski definition) is 0. The van der Waals surface area contributed by atoms with E-state index in [4.69, 9.17) is 4.18 Å². The third-order valence-electron chi connectivity index (χ3n) is 2.48. The SMILES string of the molecule is CC(C)(C)N1CC[C@H]1COS(C)(=O)=O. The molecule has 0 saturated carbocycles. The van der Waals surface area contributed by atoms with Crippen LogP contribution in [0, 0.1) is 0 Å². The Balaban J connectivity index is 2.41. The van der Waals surface area contributed by atoms with Crippen molar-refractivity contribution in [2.75, 3.05) is 19.4 Å². The van der Waals surface area contributed by atoms with Crippen LogP contribution in [0.3, 0.4) is 0 Å². The number of rotatable bonds is 3. The average Bonchev–Trinajstić information content (AvgIpc) is 1.76. The first-order valence-electron chi connectivity index (χ1n) is 4.81. The molecule has 1 atom stereocenters. The summed E-state index contributed by atoms with van der Waals surface area (Å²) in [5, 5.41) is 0. The van der Waals surface area contributed by atoms with Gasteiger partial charge in [0.1, 0.15) is 0 Å². The second kappa shape index (κ2) is 3.79. The van der Waals surface area contributed by atoms with Crippen LogP contribution < -0.4 is 0 Å². The van der Waals surface area contributed by atoms with E-state index in [1.54, 1.807) is 0 Å². The Morgan fingerprint density at radius 2 is 2.00 bits per heavy atom. The van der Waals surface area contributed by atoms with E-state index in [-0.39, 0.29) is 18.2 Å². The quantitative estimate of drug-likeness (QED) is 0.662. The number of nitrogens with zero attached hydrogens (tertiary/aromatic N) is 1. The van der Waals surface area contributed by atoms with E-state index in [2.05, 4.69) is 25.7 Å². The van der Waals surface area contributed by atoms with Gasteiger partial charge >= 0.3 is 0 Å². The molecule has 0 aromatic rings. The molecule has 5 heteroatoms. The van der Waals surface area contributed by atoms with Gasteiger partial charge in [-0.05, 0) is 27.2 Å². The van der Waals surface area contributed by atoms with E-state index in [0.29, 0.717) is 0 Å². The van der Waals surface area contributed by atoms with Crippen LogP contribution in [0.15, 0.2) is 0 Å². The summed E-state index contributed by atoms with van der Waals surface area (Å²) >= 11 is 0. The zero-order valence-corrected chi connectivity index (χ0v) is 10.1. The van der Waals surface area contributed by atoms with E-state index in [1.165, 1.54) is 0 Å². The monoisotopic (exact) mass is 221 g/mol. The summed E-state index contributed by atoms with van der Waals surface area (Å²) in [5.41, 5.74) is 0.101. The van der Waals surface area contributed by atoms with Crippen molar-refractivity contribution in [2.45, 2.75) is 38.8 Å².